The summed E-state index contributed by atoms with van der Waals surface area (Å²) in [6, 6.07) is 5.42. The monoisotopic (exact) mass is 350 g/mol. The van der Waals surface area contributed by atoms with Crippen LogP contribution in [0.1, 0.15) is 24.5 Å². The number of hydrogen-bond acceptors (Lipinski definition) is 4. The third kappa shape index (κ3) is 2.68. The molecule has 0 spiro atoms. The molecular weight excluding hydrogens is 336 g/mol. The van der Waals surface area contributed by atoms with E-state index in [2.05, 4.69) is 25.9 Å². The first kappa shape index (κ1) is 14.1. The zero-order valence-electron chi connectivity index (χ0n) is 11.8. The van der Waals surface area contributed by atoms with E-state index in [0.717, 1.165) is 24.1 Å². The number of benzene rings is 1. The summed E-state index contributed by atoms with van der Waals surface area (Å²) in [5.41, 5.74) is 1.40. The Morgan fingerprint density at radius 2 is 2.05 bits per heavy atom. The lowest BCUT2D eigenvalue weighted by molar-refractivity contribution is 0.395. The maximum atomic E-state index is 12.1. The minimum Gasteiger partial charge on any atom is -0.497 e. The van der Waals surface area contributed by atoms with Crippen LogP contribution in [0.4, 0.5) is 0 Å². The van der Waals surface area contributed by atoms with Crippen molar-refractivity contribution in [3.8, 4) is 22.9 Å². The fourth-order valence-electron chi connectivity index (χ4n) is 2.23. The topological polar surface area (TPSA) is 64.2 Å². The molecule has 0 amide bonds. The van der Waals surface area contributed by atoms with E-state index >= 15 is 0 Å². The Morgan fingerprint density at radius 1 is 1.29 bits per heavy atom. The lowest BCUT2D eigenvalue weighted by atomic mass is 10.1. The fraction of sp³-hybridized carbons (Fsp3) is 0.333. The second-order valence-corrected chi connectivity index (χ2v) is 5.75. The summed E-state index contributed by atoms with van der Waals surface area (Å²) in [4.78, 5) is 19.5. The Labute approximate surface area is 130 Å². The molecule has 21 heavy (non-hydrogen) atoms. The van der Waals surface area contributed by atoms with Crippen LogP contribution in [0, 0.1) is 0 Å². The molecule has 1 aromatic heterocycles. The molecule has 0 atom stereocenters. The molecule has 1 aliphatic rings. The number of aromatic nitrogens is 2. The minimum atomic E-state index is -0.167. The molecule has 1 fully saturated rings. The van der Waals surface area contributed by atoms with Crippen LogP contribution in [0.3, 0.4) is 0 Å². The summed E-state index contributed by atoms with van der Waals surface area (Å²) in [6.45, 7) is 0. The molecule has 110 valence electrons. The average molecular weight is 351 g/mol. The van der Waals surface area contributed by atoms with Gasteiger partial charge in [0.1, 0.15) is 21.8 Å². The number of nitrogens with one attached hydrogen (secondary N) is 1. The second kappa shape index (κ2) is 5.52. The first-order chi connectivity index (χ1) is 10.1. The van der Waals surface area contributed by atoms with Crippen molar-refractivity contribution in [1.82, 2.24) is 9.97 Å². The van der Waals surface area contributed by atoms with Crippen molar-refractivity contribution in [3.05, 3.63) is 38.7 Å². The zero-order valence-corrected chi connectivity index (χ0v) is 13.4. The summed E-state index contributed by atoms with van der Waals surface area (Å²) >= 11 is 3.33. The van der Waals surface area contributed by atoms with Gasteiger partial charge in [-0.1, -0.05) is 0 Å². The van der Waals surface area contributed by atoms with Crippen LogP contribution in [0.25, 0.3) is 11.4 Å². The third-order valence-electron chi connectivity index (χ3n) is 3.52. The van der Waals surface area contributed by atoms with Crippen LogP contribution in [0.15, 0.2) is 27.5 Å². The normalized spacial score (nSPS) is 14.0. The number of H-pyrrole nitrogens is 1. The molecule has 3 rings (SSSR count). The van der Waals surface area contributed by atoms with E-state index in [1.54, 1.807) is 20.3 Å². The first-order valence-corrected chi connectivity index (χ1v) is 7.45. The molecule has 0 unspecified atom stereocenters. The fourth-order valence-corrected chi connectivity index (χ4v) is 2.74. The number of aromatic amines is 1. The van der Waals surface area contributed by atoms with E-state index in [1.807, 2.05) is 12.1 Å². The van der Waals surface area contributed by atoms with E-state index in [-0.39, 0.29) is 5.56 Å². The van der Waals surface area contributed by atoms with Crippen molar-refractivity contribution < 1.29 is 9.47 Å². The quantitative estimate of drug-likeness (QED) is 0.920. The third-order valence-corrected chi connectivity index (χ3v) is 4.28. The van der Waals surface area contributed by atoms with Crippen molar-refractivity contribution in [2.45, 2.75) is 18.8 Å². The van der Waals surface area contributed by atoms with Gasteiger partial charge in [-0.15, -0.1) is 0 Å². The van der Waals surface area contributed by atoms with Crippen LogP contribution in [0.2, 0.25) is 0 Å². The van der Waals surface area contributed by atoms with E-state index < -0.39 is 0 Å². The van der Waals surface area contributed by atoms with Crippen molar-refractivity contribution in [1.29, 1.82) is 0 Å². The largest absolute Gasteiger partial charge is 0.497 e. The van der Waals surface area contributed by atoms with Gasteiger partial charge in [-0.05, 0) is 40.9 Å². The predicted octanol–water partition coefficient (Wildman–Crippen LogP) is 3.09. The van der Waals surface area contributed by atoms with Gasteiger partial charge in [0, 0.05) is 12.0 Å². The molecule has 1 aromatic carbocycles. The van der Waals surface area contributed by atoms with Crippen molar-refractivity contribution >= 4 is 15.9 Å². The van der Waals surface area contributed by atoms with Gasteiger partial charge >= 0.3 is 0 Å². The molecule has 0 saturated heterocycles. The summed E-state index contributed by atoms with van der Waals surface area (Å²) in [7, 11) is 3.18. The molecule has 1 saturated carbocycles. The SMILES string of the molecule is COc1ccc(-c2nc(C3CC3)c(Br)c(=O)[nH]2)c(OC)c1. The molecule has 1 heterocycles. The van der Waals surface area contributed by atoms with Crippen molar-refractivity contribution in [3.63, 3.8) is 0 Å². The highest BCUT2D eigenvalue weighted by Crippen LogP contribution is 2.42. The number of hydrogen-bond donors (Lipinski definition) is 1. The van der Waals surface area contributed by atoms with E-state index in [0.29, 0.717) is 27.7 Å². The lowest BCUT2D eigenvalue weighted by Gasteiger charge is -2.11. The number of methoxy groups -OCH3 is 2. The number of nitrogens with zero attached hydrogens (tertiary/aromatic N) is 1. The molecule has 2 aromatic rings. The molecule has 0 bridgehead atoms. The number of rotatable bonds is 4. The van der Waals surface area contributed by atoms with Crippen LogP contribution < -0.4 is 15.0 Å². The highest BCUT2D eigenvalue weighted by molar-refractivity contribution is 9.10. The Kier molecular flexibility index (Phi) is 3.71. The Hall–Kier alpha value is -1.82. The lowest BCUT2D eigenvalue weighted by Crippen LogP contribution is -2.13. The summed E-state index contributed by atoms with van der Waals surface area (Å²) in [5, 5.41) is 0. The highest BCUT2D eigenvalue weighted by Gasteiger charge is 2.29. The van der Waals surface area contributed by atoms with Gasteiger partial charge in [0.05, 0.1) is 25.5 Å². The Bertz CT molecular complexity index is 738. The van der Waals surface area contributed by atoms with Gasteiger partial charge in [0.25, 0.3) is 5.56 Å². The van der Waals surface area contributed by atoms with E-state index in [9.17, 15) is 4.79 Å². The van der Waals surface area contributed by atoms with Crippen LogP contribution in [-0.4, -0.2) is 24.2 Å². The summed E-state index contributed by atoms with van der Waals surface area (Å²) in [6.07, 6.45) is 2.16. The highest BCUT2D eigenvalue weighted by atomic mass is 79.9. The van der Waals surface area contributed by atoms with Gasteiger partial charge in [-0.3, -0.25) is 4.79 Å². The zero-order chi connectivity index (χ0) is 15.0. The Morgan fingerprint density at radius 3 is 2.67 bits per heavy atom. The molecule has 0 aliphatic heterocycles. The Balaban J connectivity index is 2.14. The van der Waals surface area contributed by atoms with Crippen molar-refractivity contribution in [2.24, 2.45) is 0 Å². The summed E-state index contributed by atoms with van der Waals surface area (Å²) < 4.78 is 11.1. The molecule has 5 nitrogen and oxygen atoms in total. The standard InChI is InChI=1S/C15H15BrN2O3/c1-20-9-5-6-10(11(7-9)21-2)14-17-13(8-3-4-8)12(16)15(19)18-14/h5-8H,3-4H2,1-2H3,(H,17,18,19). The molecule has 6 heteroatoms. The minimum absolute atomic E-state index is 0.167. The van der Waals surface area contributed by atoms with Gasteiger partial charge in [-0.25, -0.2) is 4.98 Å². The van der Waals surface area contributed by atoms with Crippen LogP contribution in [-0.2, 0) is 0 Å². The van der Waals surface area contributed by atoms with Crippen LogP contribution >= 0.6 is 15.9 Å². The molecular formula is C15H15BrN2O3. The first-order valence-electron chi connectivity index (χ1n) is 6.66. The average Bonchev–Trinajstić information content (AvgIpc) is 3.34. The number of ether oxygens (including phenoxy) is 2. The van der Waals surface area contributed by atoms with Crippen LogP contribution in [0.5, 0.6) is 11.5 Å². The maximum absolute atomic E-state index is 12.1. The van der Waals surface area contributed by atoms with Gasteiger partial charge in [0.2, 0.25) is 0 Å². The predicted molar refractivity (Wildman–Crippen MR) is 83.1 cm³/mol. The molecule has 1 aliphatic carbocycles. The number of halogens is 1. The maximum Gasteiger partial charge on any atom is 0.265 e. The van der Waals surface area contributed by atoms with Gasteiger partial charge in [0.15, 0.2) is 0 Å². The van der Waals surface area contributed by atoms with Gasteiger partial charge < -0.3 is 14.5 Å². The molecule has 0 radical (unpaired) electrons. The second-order valence-electron chi connectivity index (χ2n) is 4.95. The van der Waals surface area contributed by atoms with E-state index in [1.165, 1.54) is 0 Å². The van der Waals surface area contributed by atoms with E-state index in [4.69, 9.17) is 9.47 Å². The smallest absolute Gasteiger partial charge is 0.265 e. The van der Waals surface area contributed by atoms with Gasteiger partial charge in [-0.2, -0.15) is 0 Å². The summed E-state index contributed by atoms with van der Waals surface area (Å²) in [5.74, 6) is 2.20. The van der Waals surface area contributed by atoms with Crippen molar-refractivity contribution in [2.75, 3.05) is 14.2 Å². The molecule has 1 N–H and O–H groups in total.